The van der Waals surface area contributed by atoms with E-state index in [2.05, 4.69) is 33.5 Å². The van der Waals surface area contributed by atoms with Crippen LogP contribution < -0.4 is 5.32 Å². The standard InChI is InChI=1S/C28H25N5O/c1-28(2,34)21-15-20(16-29-17-21)26-32-24-13-8-12-23(19-9-4-3-5-10-19)25(24)27(33-26)31-18-22-11-6-7-14-30-22/h3-17,34H,18H2,1-2H3,(H,31,32,33). The fourth-order valence-corrected chi connectivity index (χ4v) is 3.87. The minimum absolute atomic E-state index is 0.525. The molecule has 2 N–H and O–H groups in total. The van der Waals surface area contributed by atoms with E-state index in [0.29, 0.717) is 17.9 Å². The van der Waals surface area contributed by atoms with E-state index in [1.54, 1.807) is 32.4 Å². The van der Waals surface area contributed by atoms with Gasteiger partial charge in [-0.25, -0.2) is 9.97 Å². The Bertz CT molecular complexity index is 1430. The van der Waals surface area contributed by atoms with E-state index in [1.165, 1.54) is 0 Å². The third kappa shape index (κ3) is 4.49. The topological polar surface area (TPSA) is 83.8 Å². The second-order valence-electron chi connectivity index (χ2n) is 8.66. The lowest BCUT2D eigenvalue weighted by atomic mass is 9.98. The molecule has 5 aromatic rings. The smallest absolute Gasteiger partial charge is 0.163 e. The molecule has 0 aliphatic carbocycles. The quantitative estimate of drug-likeness (QED) is 0.353. The fraction of sp³-hybridized carbons (Fsp3) is 0.143. The molecule has 0 aliphatic heterocycles. The molecular weight excluding hydrogens is 422 g/mol. The fourth-order valence-electron chi connectivity index (χ4n) is 3.87. The average Bonchev–Trinajstić information content (AvgIpc) is 2.87. The lowest BCUT2D eigenvalue weighted by molar-refractivity contribution is 0.0783. The molecule has 0 fully saturated rings. The van der Waals surface area contributed by atoms with Crippen LogP contribution in [0.3, 0.4) is 0 Å². The van der Waals surface area contributed by atoms with Crippen molar-refractivity contribution in [2.24, 2.45) is 0 Å². The van der Waals surface area contributed by atoms with Crippen molar-refractivity contribution in [3.05, 3.63) is 103 Å². The molecule has 0 bridgehead atoms. The van der Waals surface area contributed by atoms with Crippen molar-refractivity contribution in [3.8, 4) is 22.5 Å². The highest BCUT2D eigenvalue weighted by Gasteiger charge is 2.19. The molecule has 0 saturated heterocycles. The van der Waals surface area contributed by atoms with Gasteiger partial charge in [0, 0.05) is 29.7 Å². The highest BCUT2D eigenvalue weighted by molar-refractivity contribution is 6.02. The van der Waals surface area contributed by atoms with Gasteiger partial charge in [0.1, 0.15) is 5.82 Å². The van der Waals surface area contributed by atoms with Crippen molar-refractivity contribution in [2.45, 2.75) is 26.0 Å². The van der Waals surface area contributed by atoms with Crippen molar-refractivity contribution in [1.29, 1.82) is 0 Å². The summed E-state index contributed by atoms with van der Waals surface area (Å²) in [5.41, 5.74) is 4.32. The van der Waals surface area contributed by atoms with Crippen molar-refractivity contribution < 1.29 is 5.11 Å². The average molecular weight is 448 g/mol. The molecule has 3 aromatic heterocycles. The molecular formula is C28H25N5O. The van der Waals surface area contributed by atoms with Crippen molar-refractivity contribution in [2.75, 3.05) is 5.32 Å². The van der Waals surface area contributed by atoms with Crippen molar-refractivity contribution in [3.63, 3.8) is 0 Å². The zero-order valence-electron chi connectivity index (χ0n) is 19.1. The first-order valence-electron chi connectivity index (χ1n) is 11.2. The van der Waals surface area contributed by atoms with E-state index in [-0.39, 0.29) is 0 Å². The number of hydrogen-bond donors (Lipinski definition) is 2. The van der Waals surface area contributed by atoms with Gasteiger partial charge in [0.2, 0.25) is 0 Å². The maximum atomic E-state index is 10.5. The molecule has 0 unspecified atom stereocenters. The largest absolute Gasteiger partial charge is 0.386 e. The maximum Gasteiger partial charge on any atom is 0.163 e. The van der Waals surface area contributed by atoms with E-state index in [4.69, 9.17) is 9.97 Å². The molecule has 0 aliphatic rings. The summed E-state index contributed by atoms with van der Waals surface area (Å²) in [4.78, 5) is 18.6. The highest BCUT2D eigenvalue weighted by atomic mass is 16.3. The highest BCUT2D eigenvalue weighted by Crippen LogP contribution is 2.34. The Morgan fingerprint density at radius 1 is 0.853 bits per heavy atom. The first-order valence-corrected chi connectivity index (χ1v) is 11.2. The molecule has 0 radical (unpaired) electrons. The van der Waals surface area contributed by atoms with Crippen molar-refractivity contribution in [1.82, 2.24) is 19.9 Å². The molecule has 6 nitrogen and oxygen atoms in total. The first-order chi connectivity index (χ1) is 16.5. The summed E-state index contributed by atoms with van der Waals surface area (Å²) in [5, 5.41) is 14.9. The third-order valence-corrected chi connectivity index (χ3v) is 5.67. The van der Waals surface area contributed by atoms with Crippen LogP contribution in [0.25, 0.3) is 33.4 Å². The lowest BCUT2D eigenvalue weighted by Crippen LogP contribution is -2.15. The van der Waals surface area contributed by atoms with Gasteiger partial charge in [-0.1, -0.05) is 48.5 Å². The monoisotopic (exact) mass is 447 g/mol. The van der Waals surface area contributed by atoms with Crippen LogP contribution in [-0.4, -0.2) is 25.0 Å². The summed E-state index contributed by atoms with van der Waals surface area (Å²) in [7, 11) is 0. The second kappa shape index (κ2) is 9.00. The minimum atomic E-state index is -1.01. The predicted molar refractivity (Wildman–Crippen MR) is 135 cm³/mol. The molecule has 168 valence electrons. The van der Waals surface area contributed by atoms with Gasteiger partial charge >= 0.3 is 0 Å². The van der Waals surface area contributed by atoms with Crippen LogP contribution in [0.5, 0.6) is 0 Å². The Morgan fingerprint density at radius 3 is 2.44 bits per heavy atom. The number of pyridine rings is 2. The second-order valence-corrected chi connectivity index (χ2v) is 8.66. The summed E-state index contributed by atoms with van der Waals surface area (Å²) in [6.45, 7) is 4.00. The lowest BCUT2D eigenvalue weighted by Gasteiger charge is -2.18. The van der Waals surface area contributed by atoms with E-state index < -0.39 is 5.60 Å². The number of fused-ring (bicyclic) bond motifs is 1. The SMILES string of the molecule is CC(C)(O)c1cncc(-c2nc(NCc3ccccn3)c3c(-c4ccccc4)cccc3n2)c1. The van der Waals surface area contributed by atoms with Crippen LogP contribution in [0.2, 0.25) is 0 Å². The van der Waals surface area contributed by atoms with E-state index in [0.717, 1.165) is 39.1 Å². The number of nitrogens with zero attached hydrogens (tertiary/aromatic N) is 4. The number of rotatable bonds is 6. The molecule has 3 heterocycles. The Hall–Kier alpha value is -4.16. The summed E-state index contributed by atoms with van der Waals surface area (Å²) in [5.74, 6) is 1.26. The van der Waals surface area contributed by atoms with Gasteiger partial charge in [0.05, 0.1) is 28.7 Å². The molecule has 6 heteroatoms. The van der Waals surface area contributed by atoms with Gasteiger partial charge in [-0.05, 0) is 49.2 Å². The number of aliphatic hydroxyl groups is 1. The number of anilines is 1. The van der Waals surface area contributed by atoms with Gasteiger partial charge in [-0.3, -0.25) is 9.97 Å². The third-order valence-electron chi connectivity index (χ3n) is 5.67. The first kappa shape index (κ1) is 21.7. The van der Waals surface area contributed by atoms with E-state index in [9.17, 15) is 5.11 Å². The zero-order chi connectivity index (χ0) is 23.5. The maximum absolute atomic E-state index is 10.5. The Kier molecular flexibility index (Phi) is 5.74. The van der Waals surface area contributed by atoms with Gasteiger partial charge in [0.15, 0.2) is 5.82 Å². The normalized spacial score (nSPS) is 11.5. The van der Waals surface area contributed by atoms with Crippen LogP contribution in [-0.2, 0) is 12.1 Å². The van der Waals surface area contributed by atoms with Gasteiger partial charge in [-0.15, -0.1) is 0 Å². The van der Waals surface area contributed by atoms with Gasteiger partial charge < -0.3 is 10.4 Å². The van der Waals surface area contributed by atoms with Crippen LogP contribution in [0, 0.1) is 0 Å². The number of hydrogen-bond acceptors (Lipinski definition) is 6. The summed E-state index contributed by atoms with van der Waals surface area (Å²) in [6, 6.07) is 24.1. The predicted octanol–water partition coefficient (Wildman–Crippen LogP) is 5.59. The molecule has 34 heavy (non-hydrogen) atoms. The molecule has 5 rings (SSSR count). The van der Waals surface area contributed by atoms with Crippen LogP contribution in [0.4, 0.5) is 5.82 Å². The van der Waals surface area contributed by atoms with E-state index >= 15 is 0 Å². The Labute approximate surface area is 198 Å². The molecule has 0 atom stereocenters. The van der Waals surface area contributed by atoms with Crippen LogP contribution in [0.15, 0.2) is 91.4 Å². The van der Waals surface area contributed by atoms with Crippen LogP contribution >= 0.6 is 0 Å². The number of aromatic nitrogens is 4. The van der Waals surface area contributed by atoms with Crippen molar-refractivity contribution >= 4 is 16.7 Å². The number of nitrogens with one attached hydrogen (secondary N) is 1. The molecule has 0 amide bonds. The summed E-state index contributed by atoms with van der Waals surface area (Å²) < 4.78 is 0. The minimum Gasteiger partial charge on any atom is -0.386 e. The molecule has 2 aromatic carbocycles. The molecule has 0 spiro atoms. The molecule has 0 saturated carbocycles. The zero-order valence-corrected chi connectivity index (χ0v) is 19.1. The summed E-state index contributed by atoms with van der Waals surface area (Å²) >= 11 is 0. The van der Waals surface area contributed by atoms with Crippen LogP contribution in [0.1, 0.15) is 25.1 Å². The van der Waals surface area contributed by atoms with Gasteiger partial charge in [0.25, 0.3) is 0 Å². The van der Waals surface area contributed by atoms with Gasteiger partial charge in [-0.2, -0.15) is 0 Å². The Morgan fingerprint density at radius 2 is 1.68 bits per heavy atom. The van der Waals surface area contributed by atoms with E-state index in [1.807, 2.05) is 54.6 Å². The summed E-state index contributed by atoms with van der Waals surface area (Å²) in [6.07, 6.45) is 5.17. The number of benzene rings is 2. The Balaban J connectivity index is 1.68.